The van der Waals surface area contributed by atoms with Gasteiger partial charge in [0, 0.05) is 24.1 Å². The second-order valence-corrected chi connectivity index (χ2v) is 6.72. The van der Waals surface area contributed by atoms with Crippen molar-refractivity contribution in [1.82, 2.24) is 4.90 Å². The largest absolute Gasteiger partial charge is 0.444 e. The minimum absolute atomic E-state index is 0.183. The van der Waals surface area contributed by atoms with Crippen molar-refractivity contribution in [2.75, 3.05) is 6.54 Å². The van der Waals surface area contributed by atoms with Crippen molar-refractivity contribution in [1.29, 1.82) is 0 Å². The average molecular weight is 351 g/mol. The van der Waals surface area contributed by atoms with Gasteiger partial charge in [0.05, 0.1) is 0 Å². The topological polar surface area (TPSA) is 29.5 Å². The van der Waals surface area contributed by atoms with E-state index in [2.05, 4.69) is 11.8 Å². The third-order valence-electron chi connectivity index (χ3n) is 3.47. The molecule has 1 atom stereocenters. The number of hydrogen-bond acceptors (Lipinski definition) is 2. The molecule has 1 aliphatic rings. The van der Waals surface area contributed by atoms with Crippen LogP contribution in [0.5, 0.6) is 0 Å². The quantitative estimate of drug-likeness (QED) is 0.507. The second kappa shape index (κ2) is 7.22. The van der Waals surface area contributed by atoms with Gasteiger partial charge in [0.1, 0.15) is 11.6 Å². The number of rotatable bonds is 0. The number of nitrogens with zero attached hydrogens (tertiary/aromatic N) is 1. The molecule has 2 rings (SSSR count). The third kappa shape index (κ3) is 5.56. The van der Waals surface area contributed by atoms with E-state index >= 15 is 0 Å². The summed E-state index contributed by atoms with van der Waals surface area (Å²) < 4.78 is 44.4. The van der Waals surface area contributed by atoms with Gasteiger partial charge in [-0.05, 0) is 32.9 Å². The summed E-state index contributed by atoms with van der Waals surface area (Å²) in [6, 6.07) is 8.03. The monoisotopic (exact) mass is 351 g/mol. The molecule has 1 unspecified atom stereocenters. The van der Waals surface area contributed by atoms with Gasteiger partial charge in [0.25, 0.3) is 0 Å². The van der Waals surface area contributed by atoms with Gasteiger partial charge in [-0.2, -0.15) is 13.2 Å². The molecule has 3 nitrogen and oxygen atoms in total. The predicted octanol–water partition coefficient (Wildman–Crippen LogP) is 4.54. The van der Waals surface area contributed by atoms with Crippen LogP contribution in [0.1, 0.15) is 32.8 Å². The third-order valence-corrected chi connectivity index (χ3v) is 3.47. The van der Waals surface area contributed by atoms with Gasteiger partial charge in [-0.25, -0.2) is 4.79 Å². The van der Waals surface area contributed by atoms with E-state index in [-0.39, 0.29) is 13.0 Å². The minimum Gasteiger partial charge on any atom is -0.444 e. The van der Waals surface area contributed by atoms with Crippen LogP contribution in [0.3, 0.4) is 0 Å². The summed E-state index contributed by atoms with van der Waals surface area (Å²) >= 11 is 0. The van der Waals surface area contributed by atoms with E-state index in [0.29, 0.717) is 5.56 Å². The molecule has 0 aliphatic carbocycles. The van der Waals surface area contributed by atoms with Gasteiger partial charge in [0.2, 0.25) is 0 Å². The number of carbonyl (C=O) groups excluding carboxylic acids is 1. The molecule has 0 N–H and O–H groups in total. The Morgan fingerprint density at radius 3 is 2.40 bits per heavy atom. The van der Waals surface area contributed by atoms with Crippen molar-refractivity contribution in [3.05, 3.63) is 47.5 Å². The number of benzene rings is 1. The zero-order valence-corrected chi connectivity index (χ0v) is 14.4. The molecular formula is C19H20F3NO2. The minimum atomic E-state index is -4.42. The normalized spacial score (nSPS) is 18.1. The lowest BCUT2D eigenvalue weighted by molar-refractivity contribution is -0.0971. The van der Waals surface area contributed by atoms with Gasteiger partial charge in [0.15, 0.2) is 0 Å². The van der Waals surface area contributed by atoms with Gasteiger partial charge < -0.3 is 4.74 Å². The number of alkyl halides is 3. The summed E-state index contributed by atoms with van der Waals surface area (Å²) in [7, 11) is 0. The Morgan fingerprint density at radius 1 is 1.20 bits per heavy atom. The Kier molecular flexibility index (Phi) is 5.46. The van der Waals surface area contributed by atoms with Crippen LogP contribution in [0.15, 0.2) is 42.0 Å². The first-order valence-corrected chi connectivity index (χ1v) is 7.89. The molecule has 1 aromatic carbocycles. The molecule has 0 saturated carbocycles. The maximum Gasteiger partial charge on any atom is 0.412 e. The van der Waals surface area contributed by atoms with Crippen molar-refractivity contribution in [2.45, 2.75) is 45.0 Å². The highest BCUT2D eigenvalue weighted by molar-refractivity contribution is 5.70. The predicted molar refractivity (Wildman–Crippen MR) is 88.8 cm³/mol. The molecule has 25 heavy (non-hydrogen) atoms. The van der Waals surface area contributed by atoms with Crippen LogP contribution in [0.4, 0.5) is 18.0 Å². The highest BCUT2D eigenvalue weighted by Crippen LogP contribution is 2.33. The van der Waals surface area contributed by atoms with Gasteiger partial charge in [-0.1, -0.05) is 36.1 Å². The molecule has 0 aromatic heterocycles. The van der Waals surface area contributed by atoms with Gasteiger partial charge >= 0.3 is 12.3 Å². The smallest absolute Gasteiger partial charge is 0.412 e. The van der Waals surface area contributed by atoms with E-state index in [1.165, 1.54) is 4.90 Å². The van der Waals surface area contributed by atoms with Crippen LogP contribution in [0.2, 0.25) is 0 Å². The molecule has 1 aromatic rings. The standard InChI is InChI=1S/C19H20F3NO2/c1-18(2,3)25-17(24)23-12-11-15(19(20,21)22)13-16(23)10-9-14-7-5-4-6-8-14/h4-8,11,16H,12-13H2,1-3H3. The Bertz CT molecular complexity index is 706. The van der Waals surface area contributed by atoms with Gasteiger partial charge in [-0.3, -0.25) is 4.90 Å². The molecule has 0 spiro atoms. The van der Waals surface area contributed by atoms with E-state index in [4.69, 9.17) is 4.74 Å². The second-order valence-electron chi connectivity index (χ2n) is 6.72. The molecule has 1 aliphatic heterocycles. The van der Waals surface area contributed by atoms with E-state index in [0.717, 1.165) is 6.08 Å². The number of amides is 1. The zero-order chi connectivity index (χ0) is 18.7. The Morgan fingerprint density at radius 2 is 1.84 bits per heavy atom. The molecule has 0 radical (unpaired) electrons. The fourth-order valence-corrected chi connectivity index (χ4v) is 2.31. The summed E-state index contributed by atoms with van der Waals surface area (Å²) in [6.45, 7) is 4.93. The van der Waals surface area contributed by atoms with Crippen LogP contribution >= 0.6 is 0 Å². The highest BCUT2D eigenvalue weighted by Gasteiger charge is 2.40. The van der Waals surface area contributed by atoms with E-state index in [1.807, 2.05) is 6.07 Å². The van der Waals surface area contributed by atoms with E-state index < -0.39 is 29.5 Å². The maximum atomic E-state index is 13.0. The molecule has 6 heteroatoms. The fourth-order valence-electron chi connectivity index (χ4n) is 2.31. The first-order valence-electron chi connectivity index (χ1n) is 7.89. The van der Waals surface area contributed by atoms with Crippen LogP contribution in [-0.2, 0) is 4.74 Å². The first-order chi connectivity index (χ1) is 11.6. The summed E-state index contributed by atoms with van der Waals surface area (Å²) in [5.41, 5.74) is -0.725. The lowest BCUT2D eigenvalue weighted by Crippen LogP contribution is -2.46. The SMILES string of the molecule is CC(C)(C)OC(=O)N1CC=C(C(F)(F)F)CC1C#Cc1ccccc1. The number of hydrogen-bond donors (Lipinski definition) is 0. The number of halogens is 3. The summed E-state index contributed by atoms with van der Waals surface area (Å²) in [5.74, 6) is 5.63. The molecule has 1 amide bonds. The molecule has 1 heterocycles. The Balaban J connectivity index is 2.27. The Hall–Kier alpha value is -2.42. The highest BCUT2D eigenvalue weighted by atomic mass is 19.4. The lowest BCUT2D eigenvalue weighted by Gasteiger charge is -2.34. The summed E-state index contributed by atoms with van der Waals surface area (Å²) in [4.78, 5) is 13.5. The number of ether oxygens (including phenoxy) is 1. The number of carbonyl (C=O) groups is 1. The van der Waals surface area contributed by atoms with Crippen molar-refractivity contribution in [3.63, 3.8) is 0 Å². The summed E-state index contributed by atoms with van der Waals surface area (Å²) in [6.07, 6.45) is -4.45. The van der Waals surface area contributed by atoms with Crippen LogP contribution in [0.25, 0.3) is 0 Å². The van der Waals surface area contributed by atoms with Crippen LogP contribution in [0, 0.1) is 11.8 Å². The van der Waals surface area contributed by atoms with Crippen molar-refractivity contribution in [2.24, 2.45) is 0 Å². The van der Waals surface area contributed by atoms with Crippen molar-refractivity contribution < 1.29 is 22.7 Å². The Labute approximate surface area is 145 Å². The average Bonchev–Trinajstić information content (AvgIpc) is 2.51. The molecule has 134 valence electrons. The lowest BCUT2D eigenvalue weighted by atomic mass is 10.00. The van der Waals surface area contributed by atoms with E-state index in [1.54, 1.807) is 45.0 Å². The van der Waals surface area contributed by atoms with Gasteiger partial charge in [-0.15, -0.1) is 0 Å². The molecule has 0 bridgehead atoms. The zero-order valence-electron chi connectivity index (χ0n) is 14.4. The molecular weight excluding hydrogens is 331 g/mol. The molecule has 0 saturated heterocycles. The fraction of sp³-hybridized carbons (Fsp3) is 0.421. The van der Waals surface area contributed by atoms with E-state index in [9.17, 15) is 18.0 Å². The van der Waals surface area contributed by atoms with Crippen LogP contribution in [-0.4, -0.2) is 35.4 Å². The molecule has 0 fully saturated rings. The maximum absolute atomic E-state index is 13.0. The van der Waals surface area contributed by atoms with Crippen LogP contribution < -0.4 is 0 Å². The van der Waals surface area contributed by atoms with Crippen molar-refractivity contribution >= 4 is 6.09 Å². The van der Waals surface area contributed by atoms with Crippen molar-refractivity contribution in [3.8, 4) is 11.8 Å². The summed E-state index contributed by atoms with van der Waals surface area (Å²) in [5, 5.41) is 0. The first kappa shape index (κ1) is 18.9.